The Morgan fingerprint density at radius 2 is 1.87 bits per heavy atom. The average Bonchev–Trinajstić information content (AvgIpc) is 2.51. The van der Waals surface area contributed by atoms with Gasteiger partial charge < -0.3 is 9.84 Å². The minimum absolute atomic E-state index is 0.165. The second kappa shape index (κ2) is 10.2. The van der Waals surface area contributed by atoms with Crippen LogP contribution in [0.4, 0.5) is 5.69 Å². The van der Waals surface area contributed by atoms with Gasteiger partial charge in [0, 0.05) is 17.8 Å². The van der Waals surface area contributed by atoms with E-state index >= 15 is 0 Å². The largest absolute Gasteiger partial charge is 0.480 e. The molecule has 0 bridgehead atoms. The molecule has 5 nitrogen and oxygen atoms in total. The number of hydrogen-bond donors (Lipinski definition) is 1. The summed E-state index contributed by atoms with van der Waals surface area (Å²) in [6.07, 6.45) is 4.25. The number of aliphatic carboxylic acids is 1. The third-order valence-corrected chi connectivity index (χ3v) is 3.82. The monoisotopic (exact) mass is 341 g/mol. The summed E-state index contributed by atoms with van der Waals surface area (Å²) >= 11 is 5.87. The molecular formula is C17H24ClNO4. The Hall–Kier alpha value is -1.59. The maximum Gasteiger partial charge on any atom is 0.326 e. The lowest BCUT2D eigenvalue weighted by Crippen LogP contribution is -2.47. The van der Waals surface area contributed by atoms with Crippen molar-refractivity contribution in [3.05, 3.63) is 29.3 Å². The fourth-order valence-electron chi connectivity index (χ4n) is 2.42. The number of carboxylic acids is 1. The number of carbonyl (C=O) groups excluding carboxylic acids is 1. The molecule has 1 rings (SSSR count). The minimum atomic E-state index is -1.01. The molecule has 1 unspecified atom stereocenters. The fourth-order valence-corrected chi connectivity index (χ4v) is 2.55. The van der Waals surface area contributed by atoms with E-state index in [0.29, 0.717) is 17.1 Å². The van der Waals surface area contributed by atoms with Gasteiger partial charge in [0.25, 0.3) is 5.91 Å². The van der Waals surface area contributed by atoms with E-state index in [0.717, 1.165) is 25.7 Å². The molecule has 0 spiro atoms. The van der Waals surface area contributed by atoms with E-state index in [1.165, 1.54) is 12.0 Å². The molecule has 1 amide bonds. The van der Waals surface area contributed by atoms with Crippen molar-refractivity contribution >= 4 is 29.2 Å². The number of anilines is 1. The lowest BCUT2D eigenvalue weighted by molar-refractivity contribution is -0.140. The molecular weight excluding hydrogens is 318 g/mol. The molecule has 1 N–H and O–H groups in total. The van der Waals surface area contributed by atoms with E-state index in [9.17, 15) is 14.7 Å². The van der Waals surface area contributed by atoms with Gasteiger partial charge in [-0.2, -0.15) is 0 Å². The van der Waals surface area contributed by atoms with Gasteiger partial charge in [-0.15, -0.1) is 0 Å². The molecule has 23 heavy (non-hydrogen) atoms. The van der Waals surface area contributed by atoms with Crippen LogP contribution in [0.25, 0.3) is 0 Å². The van der Waals surface area contributed by atoms with Gasteiger partial charge in [-0.1, -0.05) is 44.2 Å². The van der Waals surface area contributed by atoms with Gasteiger partial charge in [-0.25, -0.2) is 4.79 Å². The van der Waals surface area contributed by atoms with Crippen LogP contribution in [0.1, 0.15) is 39.0 Å². The molecule has 0 aliphatic carbocycles. The maximum absolute atomic E-state index is 12.4. The van der Waals surface area contributed by atoms with Crippen molar-refractivity contribution in [3.8, 4) is 0 Å². The maximum atomic E-state index is 12.4. The quantitative estimate of drug-likeness (QED) is 0.658. The third-order valence-electron chi connectivity index (χ3n) is 3.57. The summed E-state index contributed by atoms with van der Waals surface area (Å²) in [5.74, 6) is -1.39. The molecule has 0 saturated carbocycles. The van der Waals surface area contributed by atoms with Crippen molar-refractivity contribution in [2.45, 2.75) is 45.1 Å². The van der Waals surface area contributed by atoms with Crippen molar-refractivity contribution in [2.75, 3.05) is 18.6 Å². The molecule has 1 atom stereocenters. The molecule has 128 valence electrons. The first-order valence-electron chi connectivity index (χ1n) is 7.80. The fraction of sp³-hybridized carbons (Fsp3) is 0.529. The predicted molar refractivity (Wildman–Crippen MR) is 91.0 cm³/mol. The van der Waals surface area contributed by atoms with Crippen LogP contribution in [0, 0.1) is 0 Å². The van der Waals surface area contributed by atoms with Crippen LogP contribution in [-0.2, 0) is 14.3 Å². The van der Waals surface area contributed by atoms with Gasteiger partial charge in [-0.05, 0) is 30.7 Å². The zero-order valence-electron chi connectivity index (χ0n) is 13.6. The second-order valence-corrected chi connectivity index (χ2v) is 5.81. The Kier molecular flexibility index (Phi) is 8.66. The van der Waals surface area contributed by atoms with Crippen LogP contribution in [0.5, 0.6) is 0 Å². The van der Waals surface area contributed by atoms with Gasteiger partial charge in [0.2, 0.25) is 0 Å². The van der Waals surface area contributed by atoms with E-state index < -0.39 is 12.0 Å². The topological polar surface area (TPSA) is 66.8 Å². The Morgan fingerprint density at radius 3 is 2.39 bits per heavy atom. The van der Waals surface area contributed by atoms with E-state index in [1.54, 1.807) is 24.3 Å². The summed E-state index contributed by atoms with van der Waals surface area (Å²) in [5.41, 5.74) is 0.513. The first kappa shape index (κ1) is 19.5. The Morgan fingerprint density at radius 1 is 1.22 bits per heavy atom. The van der Waals surface area contributed by atoms with Gasteiger partial charge >= 0.3 is 5.97 Å². The predicted octanol–water partition coefficient (Wildman–Crippen LogP) is 3.74. The molecule has 6 heteroatoms. The Balaban J connectivity index is 3.00. The van der Waals surface area contributed by atoms with Crippen LogP contribution < -0.4 is 4.90 Å². The molecule has 0 aliphatic rings. The van der Waals surface area contributed by atoms with Crippen LogP contribution >= 0.6 is 11.6 Å². The summed E-state index contributed by atoms with van der Waals surface area (Å²) in [6.45, 7) is 1.93. The lowest BCUT2D eigenvalue weighted by atomic mass is 10.0. The number of unbranched alkanes of at least 4 members (excludes halogenated alkanes) is 3. The van der Waals surface area contributed by atoms with E-state index in [-0.39, 0.29) is 12.5 Å². The van der Waals surface area contributed by atoms with Gasteiger partial charge in [0.15, 0.2) is 0 Å². The highest BCUT2D eigenvalue weighted by molar-refractivity contribution is 6.30. The zero-order chi connectivity index (χ0) is 17.2. The van der Waals surface area contributed by atoms with E-state index in [1.807, 2.05) is 0 Å². The molecule has 0 aromatic heterocycles. The number of methoxy groups -OCH3 is 1. The average molecular weight is 342 g/mol. The zero-order valence-corrected chi connectivity index (χ0v) is 14.4. The number of benzene rings is 1. The highest BCUT2D eigenvalue weighted by Gasteiger charge is 2.30. The highest BCUT2D eigenvalue weighted by atomic mass is 35.5. The normalized spacial score (nSPS) is 12.0. The summed E-state index contributed by atoms with van der Waals surface area (Å²) in [5, 5.41) is 10.1. The lowest BCUT2D eigenvalue weighted by Gasteiger charge is -2.29. The highest BCUT2D eigenvalue weighted by Crippen LogP contribution is 2.23. The standard InChI is InChI=1S/C17H24ClNO4/c1-3-4-5-6-7-15(17(21)22)19(16(20)12-23-2)14-10-8-13(18)9-11-14/h8-11,15H,3-7,12H2,1-2H3,(H,21,22). The van der Waals surface area contributed by atoms with Crippen molar-refractivity contribution in [1.82, 2.24) is 0 Å². The number of halogens is 1. The van der Waals surface area contributed by atoms with Crippen molar-refractivity contribution in [3.63, 3.8) is 0 Å². The van der Waals surface area contributed by atoms with Gasteiger partial charge in [0.05, 0.1) is 0 Å². The SMILES string of the molecule is CCCCCCC(C(=O)O)N(C(=O)COC)c1ccc(Cl)cc1. The van der Waals surface area contributed by atoms with Gasteiger partial charge in [-0.3, -0.25) is 9.69 Å². The Labute approximate surface area is 142 Å². The summed E-state index contributed by atoms with van der Waals surface area (Å²) < 4.78 is 4.89. The summed E-state index contributed by atoms with van der Waals surface area (Å²) in [7, 11) is 1.41. The number of hydrogen-bond acceptors (Lipinski definition) is 3. The first-order chi connectivity index (χ1) is 11.0. The minimum Gasteiger partial charge on any atom is -0.480 e. The first-order valence-corrected chi connectivity index (χ1v) is 8.18. The van der Waals surface area contributed by atoms with Crippen LogP contribution in [0.15, 0.2) is 24.3 Å². The van der Waals surface area contributed by atoms with Gasteiger partial charge in [0.1, 0.15) is 12.6 Å². The molecule has 1 aromatic rings. The van der Waals surface area contributed by atoms with Crippen molar-refractivity contribution < 1.29 is 19.4 Å². The van der Waals surface area contributed by atoms with E-state index in [4.69, 9.17) is 16.3 Å². The molecule has 0 aliphatic heterocycles. The summed E-state index contributed by atoms with van der Waals surface area (Å²) in [4.78, 5) is 25.4. The molecule has 1 aromatic carbocycles. The van der Waals surface area contributed by atoms with Crippen LogP contribution in [-0.4, -0.2) is 36.7 Å². The number of carboxylic acid groups (broad SMARTS) is 1. The molecule has 0 heterocycles. The van der Waals surface area contributed by atoms with Crippen molar-refractivity contribution in [2.24, 2.45) is 0 Å². The number of amides is 1. The summed E-state index contributed by atoms with van der Waals surface area (Å²) in [6, 6.07) is 5.67. The van der Waals surface area contributed by atoms with Crippen LogP contribution in [0.3, 0.4) is 0 Å². The molecule has 0 fully saturated rings. The van der Waals surface area contributed by atoms with Crippen molar-refractivity contribution in [1.29, 1.82) is 0 Å². The van der Waals surface area contributed by atoms with Crippen LogP contribution in [0.2, 0.25) is 5.02 Å². The number of ether oxygens (including phenoxy) is 1. The molecule has 0 saturated heterocycles. The smallest absolute Gasteiger partial charge is 0.326 e. The number of nitrogens with zero attached hydrogens (tertiary/aromatic N) is 1. The Bertz CT molecular complexity index is 504. The van der Waals surface area contributed by atoms with E-state index in [2.05, 4.69) is 6.92 Å². The third kappa shape index (κ3) is 6.20. The molecule has 0 radical (unpaired) electrons. The number of rotatable bonds is 10. The second-order valence-electron chi connectivity index (χ2n) is 5.38. The number of carbonyl (C=O) groups is 2.